The maximum Gasteiger partial charge on any atom is 0.129 e. The third-order valence-corrected chi connectivity index (χ3v) is 3.81. The Kier molecular flexibility index (Phi) is 3.70. The Bertz CT molecular complexity index is 646. The van der Waals surface area contributed by atoms with E-state index in [1.165, 1.54) is 16.5 Å². The van der Waals surface area contributed by atoms with E-state index in [0.717, 1.165) is 37.4 Å². The Labute approximate surface area is 120 Å². The molecule has 20 heavy (non-hydrogen) atoms. The lowest BCUT2D eigenvalue weighted by molar-refractivity contribution is 0.775. The maximum absolute atomic E-state index is 4.85. The van der Waals surface area contributed by atoms with Crippen molar-refractivity contribution < 1.29 is 0 Å². The molecule has 3 heteroatoms. The summed E-state index contributed by atoms with van der Waals surface area (Å²) in [6.07, 6.45) is 3.44. The number of fused-ring (bicyclic) bond motifs is 1. The van der Waals surface area contributed by atoms with Crippen molar-refractivity contribution in [1.29, 1.82) is 0 Å². The molecule has 0 aliphatic carbocycles. The Hall–Kier alpha value is -1.87. The Morgan fingerprint density at radius 1 is 1.30 bits per heavy atom. The zero-order valence-electron chi connectivity index (χ0n) is 12.2. The highest BCUT2D eigenvalue weighted by atomic mass is 15.2. The van der Waals surface area contributed by atoms with E-state index in [9.17, 15) is 0 Å². The van der Waals surface area contributed by atoms with Crippen LogP contribution in [0.5, 0.6) is 0 Å². The molecule has 2 heterocycles. The summed E-state index contributed by atoms with van der Waals surface area (Å²) in [6, 6.07) is 10.6. The molecular weight excluding hydrogens is 246 g/mol. The van der Waals surface area contributed by atoms with Crippen LogP contribution in [-0.4, -0.2) is 25.1 Å². The lowest BCUT2D eigenvalue weighted by Gasteiger charge is -2.28. The van der Waals surface area contributed by atoms with Crippen LogP contribution in [0.2, 0.25) is 0 Å². The van der Waals surface area contributed by atoms with E-state index in [-0.39, 0.29) is 0 Å². The molecule has 0 saturated heterocycles. The van der Waals surface area contributed by atoms with Gasteiger partial charge in [-0.2, -0.15) is 0 Å². The number of rotatable bonds is 3. The Morgan fingerprint density at radius 2 is 2.15 bits per heavy atom. The SMILES string of the molecule is CNCc1cc(N2CCC=C(C)C2)nc2ccccc12. The first-order chi connectivity index (χ1) is 9.78. The minimum Gasteiger partial charge on any atom is -0.352 e. The molecule has 2 aromatic rings. The standard InChI is InChI=1S/C17H21N3/c1-13-6-5-9-20(12-13)17-10-14(11-18-2)15-7-3-4-8-16(15)19-17/h3-4,6-8,10,18H,5,9,11-12H2,1-2H3. The van der Waals surface area contributed by atoms with Gasteiger partial charge in [-0.05, 0) is 38.1 Å². The quantitative estimate of drug-likeness (QED) is 0.866. The average molecular weight is 267 g/mol. The molecule has 104 valence electrons. The van der Waals surface area contributed by atoms with Gasteiger partial charge in [-0.1, -0.05) is 29.8 Å². The van der Waals surface area contributed by atoms with Crippen molar-refractivity contribution in [3.05, 3.63) is 47.5 Å². The molecule has 0 atom stereocenters. The number of hydrogen-bond donors (Lipinski definition) is 1. The summed E-state index contributed by atoms with van der Waals surface area (Å²) >= 11 is 0. The van der Waals surface area contributed by atoms with Crippen molar-refractivity contribution in [3.63, 3.8) is 0 Å². The third kappa shape index (κ3) is 2.54. The van der Waals surface area contributed by atoms with E-state index in [0.29, 0.717) is 0 Å². The zero-order valence-corrected chi connectivity index (χ0v) is 12.2. The van der Waals surface area contributed by atoms with Crippen molar-refractivity contribution in [2.24, 2.45) is 0 Å². The molecule has 3 nitrogen and oxygen atoms in total. The van der Waals surface area contributed by atoms with Crippen LogP contribution < -0.4 is 10.2 Å². The van der Waals surface area contributed by atoms with E-state index < -0.39 is 0 Å². The van der Waals surface area contributed by atoms with Gasteiger partial charge in [0, 0.05) is 25.0 Å². The van der Waals surface area contributed by atoms with Crippen molar-refractivity contribution in [2.75, 3.05) is 25.0 Å². The van der Waals surface area contributed by atoms with Gasteiger partial charge < -0.3 is 10.2 Å². The summed E-state index contributed by atoms with van der Waals surface area (Å²) in [5.41, 5.74) is 3.84. The molecule has 0 amide bonds. The van der Waals surface area contributed by atoms with Gasteiger partial charge in [0.05, 0.1) is 5.52 Å². The number of benzene rings is 1. The molecule has 1 aromatic carbocycles. The first-order valence-corrected chi connectivity index (χ1v) is 7.22. The van der Waals surface area contributed by atoms with Crippen molar-refractivity contribution in [1.82, 2.24) is 10.3 Å². The van der Waals surface area contributed by atoms with Crippen LogP contribution in [0.3, 0.4) is 0 Å². The average Bonchev–Trinajstić information content (AvgIpc) is 2.47. The predicted octanol–water partition coefficient (Wildman–Crippen LogP) is 3.11. The van der Waals surface area contributed by atoms with Gasteiger partial charge in [-0.25, -0.2) is 4.98 Å². The van der Waals surface area contributed by atoms with Crippen LogP contribution in [0.25, 0.3) is 10.9 Å². The fourth-order valence-corrected chi connectivity index (χ4v) is 2.84. The first-order valence-electron chi connectivity index (χ1n) is 7.22. The summed E-state index contributed by atoms with van der Waals surface area (Å²) in [7, 11) is 1.99. The molecule has 1 N–H and O–H groups in total. The van der Waals surface area contributed by atoms with Gasteiger partial charge >= 0.3 is 0 Å². The second kappa shape index (κ2) is 5.63. The maximum atomic E-state index is 4.85. The molecule has 3 rings (SSSR count). The molecule has 0 radical (unpaired) electrons. The van der Waals surface area contributed by atoms with Crippen molar-refractivity contribution in [2.45, 2.75) is 19.9 Å². The normalized spacial score (nSPS) is 15.5. The molecule has 0 unspecified atom stereocenters. The fraction of sp³-hybridized carbons (Fsp3) is 0.353. The Balaban J connectivity index is 2.05. The van der Waals surface area contributed by atoms with E-state index in [1.807, 2.05) is 7.05 Å². The molecule has 0 bridgehead atoms. The number of pyridine rings is 1. The summed E-state index contributed by atoms with van der Waals surface area (Å²) in [5, 5.41) is 4.50. The van der Waals surface area contributed by atoms with E-state index in [1.54, 1.807) is 0 Å². The number of nitrogens with zero attached hydrogens (tertiary/aromatic N) is 2. The van der Waals surface area contributed by atoms with Crippen LogP contribution in [0.15, 0.2) is 42.0 Å². The Morgan fingerprint density at radius 3 is 2.95 bits per heavy atom. The van der Waals surface area contributed by atoms with Crippen LogP contribution in [0.4, 0.5) is 5.82 Å². The minimum atomic E-state index is 0.874. The van der Waals surface area contributed by atoms with E-state index >= 15 is 0 Å². The van der Waals surface area contributed by atoms with E-state index in [2.05, 4.69) is 53.5 Å². The summed E-state index contributed by atoms with van der Waals surface area (Å²) in [6.45, 7) is 5.12. The molecule has 0 spiro atoms. The lowest BCUT2D eigenvalue weighted by atomic mass is 10.1. The molecule has 1 aromatic heterocycles. The van der Waals surface area contributed by atoms with Gasteiger partial charge in [0.15, 0.2) is 0 Å². The summed E-state index contributed by atoms with van der Waals surface area (Å²) < 4.78 is 0. The minimum absolute atomic E-state index is 0.874. The zero-order chi connectivity index (χ0) is 13.9. The van der Waals surface area contributed by atoms with Crippen LogP contribution in [-0.2, 0) is 6.54 Å². The molecule has 0 fully saturated rings. The molecule has 1 aliphatic rings. The van der Waals surface area contributed by atoms with Gasteiger partial charge in [0.2, 0.25) is 0 Å². The fourth-order valence-electron chi connectivity index (χ4n) is 2.84. The third-order valence-electron chi connectivity index (χ3n) is 3.81. The molecular formula is C17H21N3. The van der Waals surface area contributed by atoms with Gasteiger partial charge in [0.1, 0.15) is 5.82 Å². The van der Waals surface area contributed by atoms with Crippen LogP contribution >= 0.6 is 0 Å². The van der Waals surface area contributed by atoms with Gasteiger partial charge in [-0.15, -0.1) is 0 Å². The highest BCUT2D eigenvalue weighted by Crippen LogP contribution is 2.25. The van der Waals surface area contributed by atoms with E-state index in [4.69, 9.17) is 4.98 Å². The smallest absolute Gasteiger partial charge is 0.129 e. The number of para-hydroxylation sites is 1. The second-order valence-electron chi connectivity index (χ2n) is 5.45. The predicted molar refractivity (Wildman–Crippen MR) is 85.1 cm³/mol. The van der Waals surface area contributed by atoms with Crippen LogP contribution in [0, 0.1) is 0 Å². The monoisotopic (exact) mass is 267 g/mol. The number of anilines is 1. The van der Waals surface area contributed by atoms with Gasteiger partial charge in [0.25, 0.3) is 0 Å². The van der Waals surface area contributed by atoms with Crippen LogP contribution in [0.1, 0.15) is 18.9 Å². The highest BCUT2D eigenvalue weighted by Gasteiger charge is 2.14. The van der Waals surface area contributed by atoms with Crippen molar-refractivity contribution >= 4 is 16.7 Å². The lowest BCUT2D eigenvalue weighted by Crippen LogP contribution is -2.30. The molecule has 1 aliphatic heterocycles. The molecule has 0 saturated carbocycles. The number of aromatic nitrogens is 1. The number of hydrogen-bond acceptors (Lipinski definition) is 3. The topological polar surface area (TPSA) is 28.2 Å². The highest BCUT2D eigenvalue weighted by molar-refractivity contribution is 5.84. The summed E-state index contributed by atoms with van der Waals surface area (Å²) in [5.74, 6) is 1.10. The largest absolute Gasteiger partial charge is 0.352 e. The van der Waals surface area contributed by atoms with Crippen molar-refractivity contribution in [3.8, 4) is 0 Å². The first kappa shape index (κ1) is 13.1. The van der Waals surface area contributed by atoms with Gasteiger partial charge in [-0.3, -0.25) is 0 Å². The summed E-state index contributed by atoms with van der Waals surface area (Å²) in [4.78, 5) is 7.22. The number of nitrogens with one attached hydrogen (secondary N) is 1. The second-order valence-corrected chi connectivity index (χ2v) is 5.45.